The molecule has 1 saturated carbocycles. The van der Waals surface area contributed by atoms with Gasteiger partial charge in [-0.25, -0.2) is 0 Å². The Morgan fingerprint density at radius 2 is 1.90 bits per heavy atom. The molecule has 1 aliphatic carbocycles. The minimum Gasteiger partial charge on any atom is -0.497 e. The molecule has 2 nitrogen and oxygen atoms in total. The van der Waals surface area contributed by atoms with Crippen molar-refractivity contribution in [1.29, 1.82) is 0 Å². The van der Waals surface area contributed by atoms with Crippen LogP contribution >= 0.6 is 0 Å². The standard InChI is InChI=1S/C18H21NO/c1-20-15-9-10-17(14(11-15)12-19)18-8-3-2-7-16(18)13-5-4-6-13/h2-3,7-11,13H,4-6,12,19H2,1H3. The first-order valence-corrected chi connectivity index (χ1v) is 7.29. The molecular formula is C18H21NO. The van der Waals surface area contributed by atoms with E-state index in [0.717, 1.165) is 17.2 Å². The Morgan fingerprint density at radius 1 is 1.10 bits per heavy atom. The molecule has 0 atom stereocenters. The molecule has 20 heavy (non-hydrogen) atoms. The van der Waals surface area contributed by atoms with Crippen LogP contribution in [0, 0.1) is 0 Å². The van der Waals surface area contributed by atoms with Crippen molar-refractivity contribution in [2.24, 2.45) is 5.73 Å². The van der Waals surface area contributed by atoms with Gasteiger partial charge in [0.15, 0.2) is 0 Å². The predicted molar refractivity (Wildman–Crippen MR) is 82.9 cm³/mol. The summed E-state index contributed by atoms with van der Waals surface area (Å²) in [6, 6.07) is 14.9. The van der Waals surface area contributed by atoms with Crippen LogP contribution in [-0.2, 0) is 6.54 Å². The molecule has 0 aliphatic heterocycles. The molecule has 0 amide bonds. The molecule has 0 heterocycles. The van der Waals surface area contributed by atoms with Gasteiger partial charge >= 0.3 is 0 Å². The maximum absolute atomic E-state index is 5.93. The minimum atomic E-state index is 0.533. The van der Waals surface area contributed by atoms with E-state index in [1.165, 1.54) is 36.0 Å². The van der Waals surface area contributed by atoms with Crippen LogP contribution in [0.15, 0.2) is 42.5 Å². The Labute approximate surface area is 120 Å². The van der Waals surface area contributed by atoms with Crippen molar-refractivity contribution in [1.82, 2.24) is 0 Å². The monoisotopic (exact) mass is 267 g/mol. The van der Waals surface area contributed by atoms with Gasteiger partial charge in [0.2, 0.25) is 0 Å². The number of hydrogen-bond donors (Lipinski definition) is 1. The number of nitrogens with two attached hydrogens (primary N) is 1. The SMILES string of the molecule is COc1ccc(-c2ccccc2C2CCC2)c(CN)c1. The second kappa shape index (κ2) is 5.68. The van der Waals surface area contributed by atoms with Crippen LogP contribution in [0.2, 0.25) is 0 Å². The van der Waals surface area contributed by atoms with Crippen LogP contribution in [0.3, 0.4) is 0 Å². The van der Waals surface area contributed by atoms with Gasteiger partial charge in [0, 0.05) is 6.54 Å². The summed E-state index contributed by atoms with van der Waals surface area (Å²) >= 11 is 0. The molecule has 0 spiro atoms. The molecule has 104 valence electrons. The van der Waals surface area contributed by atoms with Gasteiger partial charge in [0.1, 0.15) is 5.75 Å². The van der Waals surface area contributed by atoms with Gasteiger partial charge in [-0.2, -0.15) is 0 Å². The van der Waals surface area contributed by atoms with Gasteiger partial charge in [-0.05, 0) is 53.1 Å². The van der Waals surface area contributed by atoms with Crippen molar-refractivity contribution >= 4 is 0 Å². The third kappa shape index (κ3) is 2.32. The summed E-state index contributed by atoms with van der Waals surface area (Å²) in [5, 5.41) is 0. The van der Waals surface area contributed by atoms with E-state index >= 15 is 0 Å². The summed E-state index contributed by atoms with van der Waals surface area (Å²) in [4.78, 5) is 0. The topological polar surface area (TPSA) is 35.2 Å². The lowest BCUT2D eigenvalue weighted by Crippen LogP contribution is -2.10. The van der Waals surface area contributed by atoms with E-state index in [-0.39, 0.29) is 0 Å². The molecule has 0 saturated heterocycles. The highest BCUT2D eigenvalue weighted by molar-refractivity contribution is 5.72. The summed E-state index contributed by atoms with van der Waals surface area (Å²) in [7, 11) is 1.69. The van der Waals surface area contributed by atoms with E-state index in [2.05, 4.69) is 30.3 Å². The quantitative estimate of drug-likeness (QED) is 0.905. The molecular weight excluding hydrogens is 246 g/mol. The highest BCUT2D eigenvalue weighted by Gasteiger charge is 2.22. The number of rotatable bonds is 4. The average molecular weight is 267 g/mol. The molecule has 0 aromatic heterocycles. The first-order valence-electron chi connectivity index (χ1n) is 7.29. The second-order valence-corrected chi connectivity index (χ2v) is 5.44. The van der Waals surface area contributed by atoms with Gasteiger partial charge in [-0.3, -0.25) is 0 Å². The van der Waals surface area contributed by atoms with E-state index in [1.807, 2.05) is 12.1 Å². The summed E-state index contributed by atoms with van der Waals surface area (Å²) in [6.45, 7) is 0.533. The van der Waals surface area contributed by atoms with Crippen molar-refractivity contribution in [3.8, 4) is 16.9 Å². The zero-order valence-electron chi connectivity index (χ0n) is 11.9. The van der Waals surface area contributed by atoms with Gasteiger partial charge in [0.05, 0.1) is 7.11 Å². The molecule has 0 bridgehead atoms. The van der Waals surface area contributed by atoms with Gasteiger partial charge in [0.25, 0.3) is 0 Å². The van der Waals surface area contributed by atoms with E-state index < -0.39 is 0 Å². The smallest absolute Gasteiger partial charge is 0.119 e. The predicted octanol–water partition coefficient (Wildman–Crippen LogP) is 4.09. The molecule has 2 heteroatoms. The fourth-order valence-electron chi connectivity index (χ4n) is 2.95. The molecule has 1 aliphatic rings. The molecule has 2 N–H and O–H groups in total. The van der Waals surface area contributed by atoms with Crippen molar-refractivity contribution in [2.45, 2.75) is 31.7 Å². The lowest BCUT2D eigenvalue weighted by molar-refractivity contribution is 0.414. The first-order chi connectivity index (χ1) is 9.83. The largest absolute Gasteiger partial charge is 0.497 e. The number of benzene rings is 2. The molecule has 0 radical (unpaired) electrons. The van der Waals surface area contributed by atoms with Crippen LogP contribution in [0.25, 0.3) is 11.1 Å². The number of methoxy groups -OCH3 is 1. The van der Waals surface area contributed by atoms with Gasteiger partial charge in [-0.1, -0.05) is 36.8 Å². The van der Waals surface area contributed by atoms with E-state index in [4.69, 9.17) is 10.5 Å². The van der Waals surface area contributed by atoms with Crippen molar-refractivity contribution in [3.05, 3.63) is 53.6 Å². The third-order valence-electron chi connectivity index (χ3n) is 4.33. The Bertz CT molecular complexity index is 602. The van der Waals surface area contributed by atoms with E-state index in [1.54, 1.807) is 7.11 Å². The lowest BCUT2D eigenvalue weighted by atomic mass is 9.77. The summed E-state index contributed by atoms with van der Waals surface area (Å²) < 4.78 is 5.30. The lowest BCUT2D eigenvalue weighted by Gasteiger charge is -2.28. The van der Waals surface area contributed by atoms with Gasteiger partial charge < -0.3 is 10.5 Å². The van der Waals surface area contributed by atoms with Crippen molar-refractivity contribution in [3.63, 3.8) is 0 Å². The molecule has 1 fully saturated rings. The Kier molecular flexibility index (Phi) is 3.75. The third-order valence-corrected chi connectivity index (χ3v) is 4.33. The van der Waals surface area contributed by atoms with Crippen LogP contribution in [0.5, 0.6) is 5.75 Å². The fraction of sp³-hybridized carbons (Fsp3) is 0.333. The summed E-state index contributed by atoms with van der Waals surface area (Å²) in [5.74, 6) is 1.59. The van der Waals surface area contributed by atoms with Crippen LogP contribution in [-0.4, -0.2) is 7.11 Å². The first kappa shape index (κ1) is 13.2. The maximum atomic E-state index is 5.93. The zero-order valence-corrected chi connectivity index (χ0v) is 11.9. The Balaban J connectivity index is 2.08. The normalized spacial score (nSPS) is 14.9. The fourth-order valence-corrected chi connectivity index (χ4v) is 2.95. The summed E-state index contributed by atoms with van der Waals surface area (Å²) in [5.41, 5.74) is 11.1. The molecule has 3 rings (SSSR count). The van der Waals surface area contributed by atoms with Crippen molar-refractivity contribution < 1.29 is 4.74 Å². The molecule has 0 unspecified atom stereocenters. The molecule has 2 aromatic rings. The number of hydrogen-bond acceptors (Lipinski definition) is 2. The molecule has 2 aromatic carbocycles. The highest BCUT2D eigenvalue weighted by Crippen LogP contribution is 2.42. The van der Waals surface area contributed by atoms with Crippen LogP contribution in [0.1, 0.15) is 36.3 Å². The van der Waals surface area contributed by atoms with Crippen molar-refractivity contribution in [2.75, 3.05) is 7.11 Å². The van der Waals surface area contributed by atoms with Crippen LogP contribution in [0.4, 0.5) is 0 Å². The Morgan fingerprint density at radius 3 is 2.55 bits per heavy atom. The van der Waals surface area contributed by atoms with E-state index in [0.29, 0.717) is 6.54 Å². The second-order valence-electron chi connectivity index (χ2n) is 5.44. The minimum absolute atomic E-state index is 0.533. The van der Waals surface area contributed by atoms with Gasteiger partial charge in [-0.15, -0.1) is 0 Å². The highest BCUT2D eigenvalue weighted by atomic mass is 16.5. The maximum Gasteiger partial charge on any atom is 0.119 e. The average Bonchev–Trinajstić information content (AvgIpc) is 2.45. The van der Waals surface area contributed by atoms with Crippen LogP contribution < -0.4 is 10.5 Å². The Hall–Kier alpha value is -1.80. The summed E-state index contributed by atoms with van der Waals surface area (Å²) in [6.07, 6.45) is 3.97. The number of ether oxygens (including phenoxy) is 1. The van der Waals surface area contributed by atoms with E-state index in [9.17, 15) is 0 Å². The zero-order chi connectivity index (χ0) is 13.9.